The Balaban J connectivity index is -0.00000000167. The molecule has 0 saturated carbocycles. The van der Waals surface area contributed by atoms with Crippen LogP contribution in [-0.4, -0.2) is 0 Å². The van der Waals surface area contributed by atoms with Crippen LogP contribution in [0, 0.1) is 0 Å². The summed E-state index contributed by atoms with van der Waals surface area (Å²) in [6, 6.07) is 0. The van der Waals surface area contributed by atoms with Crippen LogP contribution in [-0.2, 0) is 4.57 Å². The fourth-order valence-electron chi connectivity index (χ4n) is 0. The van der Waals surface area contributed by atoms with E-state index in [4.69, 9.17) is 4.57 Å². The molecule has 0 aliphatic rings. The van der Waals surface area contributed by atoms with Crippen molar-refractivity contribution in [3.05, 3.63) is 0 Å². The molecule has 0 amide bonds. The average Bonchev–Trinajstić information content (AvgIpc) is 1.00. The van der Waals surface area contributed by atoms with Gasteiger partial charge in [-0.1, -0.05) is 0 Å². The first-order chi connectivity index (χ1) is 1.00. The van der Waals surface area contributed by atoms with Crippen molar-refractivity contribution in [2.75, 3.05) is 0 Å². The molecule has 0 spiro atoms. The second kappa shape index (κ2) is 91700. The van der Waals surface area contributed by atoms with Gasteiger partial charge in [0.15, 0.2) is 0 Å². The monoisotopic (exact) mass is 107 g/mol. The van der Waals surface area contributed by atoms with Crippen molar-refractivity contribution in [3.8, 4) is 0 Å². The summed E-state index contributed by atoms with van der Waals surface area (Å²) in [5.74, 6) is 0. The SMILES string of the molecule is F.F.F.O=[P+2]. The Morgan fingerprint density at radius 3 is 0.800 bits per heavy atom. The van der Waals surface area contributed by atoms with Gasteiger partial charge in [-0.25, -0.2) is 0 Å². The summed E-state index contributed by atoms with van der Waals surface area (Å²) >= 11 is 0. The molecule has 0 fully saturated rings. The predicted octanol–water partition coefficient (Wildman–Crippen LogP) is 1.20. The van der Waals surface area contributed by atoms with E-state index in [0.717, 1.165) is 0 Å². The molecule has 0 aromatic carbocycles. The van der Waals surface area contributed by atoms with Gasteiger partial charge in [-0.2, -0.15) is 0 Å². The molecular weight excluding hydrogens is 104 g/mol. The normalized spacial score (nSPS) is 0.600. The molecule has 0 rings (SSSR count). The molecule has 5 heavy (non-hydrogen) atoms. The van der Waals surface area contributed by atoms with Crippen LogP contribution in [0.25, 0.3) is 0 Å². The van der Waals surface area contributed by atoms with E-state index in [1.54, 1.807) is 0 Å². The molecule has 0 aliphatic heterocycles. The summed E-state index contributed by atoms with van der Waals surface area (Å²) in [6.07, 6.45) is 0. The van der Waals surface area contributed by atoms with E-state index in [2.05, 4.69) is 9.12 Å². The van der Waals surface area contributed by atoms with Crippen molar-refractivity contribution < 1.29 is 18.7 Å². The average molecular weight is 107 g/mol. The van der Waals surface area contributed by atoms with Crippen LogP contribution in [0.5, 0.6) is 0 Å². The van der Waals surface area contributed by atoms with Gasteiger partial charge in [0.2, 0.25) is 0 Å². The number of rotatable bonds is 0. The molecule has 0 heterocycles. The van der Waals surface area contributed by atoms with E-state index in [1.165, 1.54) is 0 Å². The van der Waals surface area contributed by atoms with Crippen LogP contribution in [0.3, 0.4) is 0 Å². The molecule has 33 valence electrons. The summed E-state index contributed by atoms with van der Waals surface area (Å²) < 4.78 is 7.94. The van der Waals surface area contributed by atoms with Crippen LogP contribution in [0.2, 0.25) is 0 Å². The van der Waals surface area contributed by atoms with Crippen LogP contribution in [0.15, 0.2) is 0 Å². The van der Waals surface area contributed by atoms with Gasteiger partial charge in [-0.05, 0) is 0 Å². The Hall–Kier alpha value is 0.0200. The molecule has 0 bridgehead atoms. The third kappa shape index (κ3) is 41000. The minimum atomic E-state index is 0. The second-order valence-corrected chi connectivity index (χ2v) is 0. The van der Waals surface area contributed by atoms with E-state index in [-0.39, 0.29) is 14.1 Å². The topological polar surface area (TPSA) is 17.1 Å². The number of hydrogen-bond acceptors (Lipinski definition) is 1. The van der Waals surface area contributed by atoms with E-state index in [1.807, 2.05) is 0 Å². The Bertz CT molecular complexity index is 6.85. The molecule has 0 aromatic heterocycles. The molecule has 0 aromatic rings. The Morgan fingerprint density at radius 1 is 0.800 bits per heavy atom. The van der Waals surface area contributed by atoms with Crippen molar-refractivity contribution in [1.29, 1.82) is 0 Å². The first-order valence-electron chi connectivity index (χ1n) is 0.183. The maximum atomic E-state index is 7.94. The molecule has 0 N–H and O–H groups in total. The van der Waals surface area contributed by atoms with Crippen molar-refractivity contribution in [2.24, 2.45) is 0 Å². The van der Waals surface area contributed by atoms with Gasteiger partial charge in [-0.3, -0.25) is 14.1 Å². The summed E-state index contributed by atoms with van der Waals surface area (Å²) in [7, 11) is 2.28. The molecule has 1 nitrogen and oxygen atoms in total. The van der Waals surface area contributed by atoms with Crippen LogP contribution in [0.1, 0.15) is 0 Å². The van der Waals surface area contributed by atoms with Gasteiger partial charge in [-0.15, -0.1) is 0 Å². The standard InChI is InChI=1S/3FH.OP/c;;;1-2/h3*1H;/q;;;+2. The Kier molecular flexibility index (Phi) is 1430000. The van der Waals surface area contributed by atoms with Gasteiger partial charge >= 0.3 is 13.7 Å². The second-order valence-electron chi connectivity index (χ2n) is 0. The zero-order valence-corrected chi connectivity index (χ0v) is 2.97. The van der Waals surface area contributed by atoms with E-state index < -0.39 is 0 Å². The van der Waals surface area contributed by atoms with Crippen molar-refractivity contribution >= 4 is 9.12 Å². The van der Waals surface area contributed by atoms with Gasteiger partial charge in [0.25, 0.3) is 0 Å². The summed E-state index contributed by atoms with van der Waals surface area (Å²) in [6.45, 7) is 0. The van der Waals surface area contributed by atoms with Crippen molar-refractivity contribution in [1.82, 2.24) is 0 Å². The summed E-state index contributed by atoms with van der Waals surface area (Å²) in [4.78, 5) is 0. The van der Waals surface area contributed by atoms with Crippen LogP contribution < -0.4 is 0 Å². The van der Waals surface area contributed by atoms with E-state index >= 15 is 0 Å². The zero-order chi connectivity index (χ0) is 2.00. The molecule has 0 unspecified atom stereocenters. The van der Waals surface area contributed by atoms with Crippen molar-refractivity contribution in [3.63, 3.8) is 0 Å². The molecule has 0 saturated heterocycles. The Labute approximate surface area is 29.1 Å². The third-order valence-corrected chi connectivity index (χ3v) is 0. The summed E-state index contributed by atoms with van der Waals surface area (Å²) in [5, 5.41) is 0. The predicted molar refractivity (Wildman–Crippen MR) is 15.1 cm³/mol. The van der Waals surface area contributed by atoms with Gasteiger partial charge in [0, 0.05) is 0 Å². The molecule has 0 atom stereocenters. The molecule has 1 radical (unpaired) electrons. The zero-order valence-electron chi connectivity index (χ0n) is 2.08. The van der Waals surface area contributed by atoms with E-state index in [0.29, 0.717) is 0 Å². The molecule has 5 heteroatoms. The first-order valence-corrected chi connectivity index (χ1v) is 0.548. The first kappa shape index (κ1) is 78.0. The van der Waals surface area contributed by atoms with Crippen LogP contribution in [0.4, 0.5) is 14.1 Å². The molecular formula is H3F3OP+2. The fourth-order valence-corrected chi connectivity index (χ4v) is 0. The number of hydrogen-bond donors (Lipinski definition) is 0. The van der Waals surface area contributed by atoms with E-state index in [9.17, 15) is 0 Å². The molecule has 0 aliphatic carbocycles. The minimum absolute atomic E-state index is 0. The van der Waals surface area contributed by atoms with Gasteiger partial charge < -0.3 is 0 Å². The van der Waals surface area contributed by atoms with Gasteiger partial charge in [0.05, 0.1) is 0 Å². The van der Waals surface area contributed by atoms with Gasteiger partial charge in [0.1, 0.15) is 0 Å². The van der Waals surface area contributed by atoms with Crippen LogP contribution >= 0.6 is 9.12 Å². The quantitative estimate of drug-likeness (QED) is 0.425. The fraction of sp³-hybridized carbons (Fsp3) is 0. The van der Waals surface area contributed by atoms with Crippen molar-refractivity contribution in [2.45, 2.75) is 0 Å². The third-order valence-electron chi connectivity index (χ3n) is 0. The Morgan fingerprint density at radius 2 is 0.800 bits per heavy atom. The maximum absolute atomic E-state index is 7.94. The number of halogens is 3. The summed E-state index contributed by atoms with van der Waals surface area (Å²) in [5.41, 5.74) is 0.